The van der Waals surface area contributed by atoms with Crippen LogP contribution in [0.15, 0.2) is 24.3 Å². The zero-order valence-electron chi connectivity index (χ0n) is 12.4. The van der Waals surface area contributed by atoms with Crippen molar-refractivity contribution in [3.8, 4) is 0 Å². The SMILES string of the molecule is O=C(O)CSCC(=O)N1CCN(C(=O)c2ccc(Cl)cc2)CC1. The molecule has 1 aromatic rings. The average molecular weight is 357 g/mol. The summed E-state index contributed by atoms with van der Waals surface area (Å²) in [6.45, 7) is 1.87. The van der Waals surface area contributed by atoms with Crippen molar-refractivity contribution >= 4 is 41.1 Å². The van der Waals surface area contributed by atoms with Crippen LogP contribution < -0.4 is 0 Å². The number of rotatable bonds is 5. The van der Waals surface area contributed by atoms with E-state index in [9.17, 15) is 14.4 Å². The van der Waals surface area contributed by atoms with E-state index in [4.69, 9.17) is 16.7 Å². The molecule has 1 aromatic carbocycles. The molecule has 1 aliphatic rings. The van der Waals surface area contributed by atoms with Gasteiger partial charge in [-0.1, -0.05) is 11.6 Å². The molecule has 6 nitrogen and oxygen atoms in total. The fraction of sp³-hybridized carbons (Fsp3) is 0.400. The number of thioether (sulfide) groups is 1. The molecule has 124 valence electrons. The third kappa shape index (κ3) is 5.14. The Kier molecular flexibility index (Phi) is 6.29. The molecule has 0 bridgehead atoms. The molecule has 8 heteroatoms. The average Bonchev–Trinajstić information content (AvgIpc) is 2.54. The first-order valence-electron chi connectivity index (χ1n) is 7.09. The van der Waals surface area contributed by atoms with Crippen LogP contribution in [0.4, 0.5) is 0 Å². The molecular formula is C15H17ClN2O4S. The van der Waals surface area contributed by atoms with Gasteiger partial charge in [-0.3, -0.25) is 14.4 Å². The first kappa shape index (κ1) is 17.6. The lowest BCUT2D eigenvalue weighted by atomic mass is 10.2. The molecule has 2 rings (SSSR count). The molecule has 1 N–H and O–H groups in total. The summed E-state index contributed by atoms with van der Waals surface area (Å²) < 4.78 is 0. The van der Waals surface area contributed by atoms with Gasteiger partial charge >= 0.3 is 5.97 Å². The molecule has 0 unspecified atom stereocenters. The van der Waals surface area contributed by atoms with Crippen molar-refractivity contribution in [1.82, 2.24) is 9.80 Å². The third-order valence-corrected chi connectivity index (χ3v) is 4.62. The number of nitrogens with zero attached hydrogens (tertiary/aromatic N) is 2. The lowest BCUT2D eigenvalue weighted by Gasteiger charge is -2.34. The number of hydrogen-bond donors (Lipinski definition) is 1. The number of carbonyl (C=O) groups excluding carboxylic acids is 2. The van der Waals surface area contributed by atoms with Crippen molar-refractivity contribution in [3.05, 3.63) is 34.9 Å². The molecule has 23 heavy (non-hydrogen) atoms. The second-order valence-corrected chi connectivity index (χ2v) is 6.49. The van der Waals surface area contributed by atoms with Gasteiger partial charge in [0.1, 0.15) is 0 Å². The Morgan fingerprint density at radius 2 is 1.57 bits per heavy atom. The first-order valence-corrected chi connectivity index (χ1v) is 8.63. The van der Waals surface area contributed by atoms with Gasteiger partial charge < -0.3 is 14.9 Å². The summed E-state index contributed by atoms with van der Waals surface area (Å²) in [6, 6.07) is 6.72. The summed E-state index contributed by atoms with van der Waals surface area (Å²) >= 11 is 6.89. The number of benzene rings is 1. The lowest BCUT2D eigenvalue weighted by molar-refractivity contribution is -0.133. The maximum Gasteiger partial charge on any atom is 0.313 e. The molecule has 1 heterocycles. The largest absolute Gasteiger partial charge is 0.481 e. The van der Waals surface area contributed by atoms with E-state index in [1.807, 2.05) is 0 Å². The molecule has 0 atom stereocenters. The van der Waals surface area contributed by atoms with Crippen LogP contribution in [0.3, 0.4) is 0 Å². The highest BCUT2D eigenvalue weighted by molar-refractivity contribution is 8.00. The minimum Gasteiger partial charge on any atom is -0.481 e. The fourth-order valence-corrected chi connectivity index (χ4v) is 3.01. The third-order valence-electron chi connectivity index (χ3n) is 3.46. The fourth-order valence-electron chi connectivity index (χ4n) is 2.25. The van der Waals surface area contributed by atoms with Crippen LogP contribution in [0, 0.1) is 0 Å². The Balaban J connectivity index is 1.81. The number of carboxylic acids is 1. The normalized spacial score (nSPS) is 14.7. The summed E-state index contributed by atoms with van der Waals surface area (Å²) in [4.78, 5) is 38.1. The van der Waals surface area contributed by atoms with Crippen molar-refractivity contribution in [3.63, 3.8) is 0 Å². The molecule has 1 aliphatic heterocycles. The van der Waals surface area contributed by atoms with E-state index in [1.54, 1.807) is 34.1 Å². The van der Waals surface area contributed by atoms with E-state index in [-0.39, 0.29) is 23.3 Å². The van der Waals surface area contributed by atoms with Gasteiger partial charge in [-0.25, -0.2) is 0 Å². The van der Waals surface area contributed by atoms with Crippen molar-refractivity contribution in [2.75, 3.05) is 37.7 Å². The molecule has 0 spiro atoms. The minimum absolute atomic E-state index is 0.0750. The highest BCUT2D eigenvalue weighted by atomic mass is 35.5. The van der Waals surface area contributed by atoms with Gasteiger partial charge in [-0.15, -0.1) is 11.8 Å². The quantitative estimate of drug-likeness (QED) is 0.863. The van der Waals surface area contributed by atoms with E-state index in [0.717, 1.165) is 11.8 Å². The summed E-state index contributed by atoms with van der Waals surface area (Å²) in [5, 5.41) is 9.14. The van der Waals surface area contributed by atoms with Crippen molar-refractivity contribution in [2.24, 2.45) is 0 Å². The molecule has 0 aromatic heterocycles. The second-order valence-electron chi connectivity index (χ2n) is 5.07. The smallest absolute Gasteiger partial charge is 0.313 e. The van der Waals surface area contributed by atoms with E-state index >= 15 is 0 Å². The van der Waals surface area contributed by atoms with Gasteiger partial charge in [-0.2, -0.15) is 0 Å². The summed E-state index contributed by atoms with van der Waals surface area (Å²) in [7, 11) is 0. The topological polar surface area (TPSA) is 77.9 Å². The van der Waals surface area contributed by atoms with Gasteiger partial charge in [0.2, 0.25) is 5.91 Å². The zero-order valence-corrected chi connectivity index (χ0v) is 14.0. The van der Waals surface area contributed by atoms with Crippen LogP contribution >= 0.6 is 23.4 Å². The number of piperazine rings is 1. The Morgan fingerprint density at radius 3 is 2.13 bits per heavy atom. The van der Waals surface area contributed by atoms with Gasteiger partial charge in [0.05, 0.1) is 11.5 Å². The van der Waals surface area contributed by atoms with E-state index in [0.29, 0.717) is 36.8 Å². The Hall–Kier alpha value is -1.73. The molecule has 1 saturated heterocycles. The molecular weight excluding hydrogens is 340 g/mol. The number of hydrogen-bond acceptors (Lipinski definition) is 4. The number of aliphatic carboxylic acids is 1. The molecule has 0 aliphatic carbocycles. The van der Waals surface area contributed by atoms with Gasteiger partial charge in [0.15, 0.2) is 0 Å². The highest BCUT2D eigenvalue weighted by Crippen LogP contribution is 2.13. The van der Waals surface area contributed by atoms with Crippen molar-refractivity contribution in [2.45, 2.75) is 0 Å². The number of carboxylic acid groups (broad SMARTS) is 1. The predicted molar refractivity (Wildman–Crippen MR) is 88.9 cm³/mol. The first-order chi connectivity index (χ1) is 11.0. The number of halogens is 1. The Morgan fingerprint density at radius 1 is 1.00 bits per heavy atom. The Bertz CT molecular complexity index is 586. The monoisotopic (exact) mass is 356 g/mol. The maximum atomic E-state index is 12.3. The van der Waals surface area contributed by atoms with Crippen LogP contribution in [0.5, 0.6) is 0 Å². The predicted octanol–water partition coefficient (Wildman–Crippen LogP) is 1.44. The second kappa shape index (κ2) is 8.21. The van der Waals surface area contributed by atoms with E-state index < -0.39 is 5.97 Å². The number of amides is 2. The lowest BCUT2D eigenvalue weighted by Crippen LogP contribution is -2.51. The van der Waals surface area contributed by atoms with E-state index in [1.165, 1.54) is 0 Å². The molecule has 0 radical (unpaired) electrons. The summed E-state index contributed by atoms with van der Waals surface area (Å²) in [5.74, 6) is -1.02. The van der Waals surface area contributed by atoms with Gasteiger partial charge in [0.25, 0.3) is 5.91 Å². The zero-order chi connectivity index (χ0) is 16.8. The van der Waals surface area contributed by atoms with Crippen LogP contribution in [-0.4, -0.2) is 70.4 Å². The molecule has 1 fully saturated rings. The van der Waals surface area contributed by atoms with Gasteiger partial charge in [0, 0.05) is 36.8 Å². The summed E-state index contributed by atoms with van der Waals surface area (Å²) in [6.07, 6.45) is 0. The van der Waals surface area contributed by atoms with Crippen molar-refractivity contribution in [1.29, 1.82) is 0 Å². The van der Waals surface area contributed by atoms with Crippen molar-refractivity contribution < 1.29 is 19.5 Å². The highest BCUT2D eigenvalue weighted by Gasteiger charge is 2.24. The standard InChI is InChI=1S/C15H17ClN2O4S/c16-12-3-1-11(2-4-12)15(22)18-7-5-17(6-8-18)13(19)9-23-10-14(20)21/h1-4H,5-10H2,(H,20,21). The van der Waals surface area contributed by atoms with E-state index in [2.05, 4.69) is 0 Å². The minimum atomic E-state index is -0.929. The molecule has 0 saturated carbocycles. The maximum absolute atomic E-state index is 12.3. The number of carbonyl (C=O) groups is 3. The van der Waals surface area contributed by atoms with Crippen LogP contribution in [0.25, 0.3) is 0 Å². The van der Waals surface area contributed by atoms with Crippen LogP contribution in [-0.2, 0) is 9.59 Å². The van der Waals surface area contributed by atoms with Gasteiger partial charge in [-0.05, 0) is 24.3 Å². The van der Waals surface area contributed by atoms with Crippen LogP contribution in [0.2, 0.25) is 5.02 Å². The summed E-state index contributed by atoms with van der Waals surface area (Å²) in [5.41, 5.74) is 0.575. The van der Waals surface area contributed by atoms with Crippen LogP contribution in [0.1, 0.15) is 10.4 Å². The Labute approximate surface area is 143 Å². The molecule has 2 amide bonds.